The van der Waals surface area contributed by atoms with E-state index < -0.39 is 8.15 Å². The van der Waals surface area contributed by atoms with E-state index in [-0.39, 0.29) is 21.1 Å². The Balaban J connectivity index is 0.00000112. The quantitative estimate of drug-likeness (QED) is 0.564. The van der Waals surface area contributed by atoms with Gasteiger partial charge in [-0.25, -0.2) is 0 Å². The average Bonchev–Trinajstić information content (AvgIpc) is 2.27. The number of rotatable bonds is 2. The smallest absolute Gasteiger partial charge is 0.0367 e. The predicted octanol–water partition coefficient (Wildman–Crippen LogP) is 3.28. The minimum absolute atomic E-state index is 0. The first-order valence-corrected chi connectivity index (χ1v) is 6.39. The van der Waals surface area contributed by atoms with Gasteiger partial charge < -0.3 is 10.5 Å². The molecule has 0 aromatic heterocycles. The Bertz CT molecular complexity index is 368. The molecule has 0 radical (unpaired) electrons. The van der Waals surface area contributed by atoms with E-state index in [0.29, 0.717) is 0 Å². The zero-order valence-electron chi connectivity index (χ0n) is 8.56. The molecule has 1 aromatic carbocycles. The van der Waals surface area contributed by atoms with Crippen molar-refractivity contribution in [3.05, 3.63) is 41.3 Å². The predicted molar refractivity (Wildman–Crippen MR) is 61.7 cm³/mol. The maximum atomic E-state index is 6.97. The first-order valence-electron chi connectivity index (χ1n) is 4.69. The van der Waals surface area contributed by atoms with Crippen molar-refractivity contribution in [3.63, 3.8) is 0 Å². The van der Waals surface area contributed by atoms with Crippen molar-refractivity contribution < 1.29 is 25.7 Å². The van der Waals surface area contributed by atoms with E-state index in [9.17, 15) is 0 Å². The zero-order valence-corrected chi connectivity index (χ0v) is 12.4. The summed E-state index contributed by atoms with van der Waals surface area (Å²) in [5, 5.41) is 1.18. The molecule has 2 nitrogen and oxygen atoms in total. The van der Waals surface area contributed by atoms with Gasteiger partial charge in [0.1, 0.15) is 0 Å². The van der Waals surface area contributed by atoms with Gasteiger partial charge in [0, 0.05) is 34.5 Å². The van der Waals surface area contributed by atoms with Crippen molar-refractivity contribution in [1.29, 1.82) is 0 Å². The van der Waals surface area contributed by atoms with Gasteiger partial charge >= 0.3 is 0 Å². The minimum atomic E-state index is -0.773. The summed E-state index contributed by atoms with van der Waals surface area (Å²) < 4.78 is 4.68. The maximum absolute atomic E-state index is 6.97. The van der Waals surface area contributed by atoms with E-state index in [1.54, 1.807) is 0 Å². The Labute approximate surface area is 106 Å². The second-order valence-electron chi connectivity index (χ2n) is 3.38. The summed E-state index contributed by atoms with van der Waals surface area (Å²) in [5.74, 6) is 6.97. The SMILES string of the molecule is CP(O[NH-])c1cccc2c1C=CCC2.[W]. The van der Waals surface area contributed by atoms with Crippen molar-refractivity contribution >= 4 is 19.5 Å². The summed E-state index contributed by atoms with van der Waals surface area (Å²) in [5.41, 5.74) is 2.66. The molecule has 0 fully saturated rings. The molecule has 0 bridgehead atoms. The number of allylic oxidation sites excluding steroid dienone is 1. The third-order valence-corrected chi connectivity index (χ3v) is 3.86. The molecule has 1 aliphatic carbocycles. The molecular formula is C11H13NOPW-. The molecule has 4 heteroatoms. The van der Waals surface area contributed by atoms with Crippen molar-refractivity contribution in [2.24, 2.45) is 0 Å². The van der Waals surface area contributed by atoms with Crippen LogP contribution in [0.25, 0.3) is 12.0 Å². The molecule has 1 atom stereocenters. The molecule has 2 rings (SSSR count). The van der Waals surface area contributed by atoms with Crippen LogP contribution >= 0.6 is 8.15 Å². The Morgan fingerprint density at radius 3 is 2.93 bits per heavy atom. The Morgan fingerprint density at radius 2 is 2.20 bits per heavy atom. The van der Waals surface area contributed by atoms with Gasteiger partial charge in [0.2, 0.25) is 0 Å². The monoisotopic (exact) mass is 390 g/mol. The van der Waals surface area contributed by atoms with Gasteiger partial charge in [-0.2, -0.15) is 0 Å². The van der Waals surface area contributed by atoms with Crippen LogP contribution in [0.5, 0.6) is 0 Å². The van der Waals surface area contributed by atoms with E-state index >= 15 is 0 Å². The molecular weight excluding hydrogens is 377 g/mol. The molecule has 0 spiro atoms. The summed E-state index contributed by atoms with van der Waals surface area (Å²) in [6.07, 6.45) is 6.59. The molecule has 0 heterocycles. The number of hydrogen-bond acceptors (Lipinski definition) is 1. The minimum Gasteiger partial charge on any atom is -0.545 e. The average molecular weight is 390 g/mol. The third-order valence-electron chi connectivity index (χ3n) is 2.51. The number of hydrogen-bond donors (Lipinski definition) is 0. The maximum Gasteiger partial charge on any atom is 0.0367 e. The number of nitrogens with one attached hydrogen (secondary N) is 1. The fourth-order valence-electron chi connectivity index (χ4n) is 1.77. The van der Waals surface area contributed by atoms with Crippen LogP contribution in [-0.2, 0) is 32.1 Å². The van der Waals surface area contributed by atoms with Gasteiger partial charge in [0.25, 0.3) is 0 Å². The molecule has 0 saturated carbocycles. The summed E-state index contributed by atoms with van der Waals surface area (Å²) in [4.78, 5) is 0. The molecule has 15 heavy (non-hydrogen) atoms. The van der Waals surface area contributed by atoms with Crippen molar-refractivity contribution in [1.82, 2.24) is 0 Å². The second kappa shape index (κ2) is 5.91. The van der Waals surface area contributed by atoms with Crippen LogP contribution in [0.15, 0.2) is 24.3 Å². The van der Waals surface area contributed by atoms with E-state index in [1.807, 2.05) is 6.66 Å². The van der Waals surface area contributed by atoms with Crippen LogP contribution in [-0.4, -0.2) is 6.66 Å². The fourth-order valence-corrected chi connectivity index (χ4v) is 2.73. The van der Waals surface area contributed by atoms with Gasteiger partial charge in [0.05, 0.1) is 0 Å². The van der Waals surface area contributed by atoms with Crippen LogP contribution in [0.3, 0.4) is 0 Å². The molecule has 0 saturated heterocycles. The standard InChI is InChI=1S/C11H13NOP.W/c1-14(13-12)11-8-4-6-9-5-2-3-7-10(9)11;/h3-4,6-8,12H,2,5H2,1H3;/q-1;. The van der Waals surface area contributed by atoms with Gasteiger partial charge in [0.15, 0.2) is 0 Å². The second-order valence-corrected chi connectivity index (χ2v) is 5.04. The number of aryl methyl sites for hydroxylation is 1. The topological polar surface area (TPSA) is 33.0 Å². The fraction of sp³-hybridized carbons (Fsp3) is 0.273. The van der Waals surface area contributed by atoms with E-state index in [0.717, 1.165) is 12.8 Å². The van der Waals surface area contributed by atoms with Crippen LogP contribution in [0.2, 0.25) is 0 Å². The van der Waals surface area contributed by atoms with E-state index in [1.165, 1.54) is 16.4 Å². The summed E-state index contributed by atoms with van der Waals surface area (Å²) in [7, 11) is -0.773. The van der Waals surface area contributed by atoms with Crippen molar-refractivity contribution in [2.75, 3.05) is 6.66 Å². The van der Waals surface area contributed by atoms with Gasteiger partial charge in [-0.05, 0) is 30.6 Å². The largest absolute Gasteiger partial charge is 0.545 e. The summed E-state index contributed by atoms with van der Waals surface area (Å²) >= 11 is 0. The van der Waals surface area contributed by atoms with E-state index in [4.69, 9.17) is 5.90 Å². The molecule has 1 unspecified atom stereocenters. The third kappa shape index (κ3) is 2.76. The van der Waals surface area contributed by atoms with Crippen LogP contribution in [0.4, 0.5) is 0 Å². The first-order chi connectivity index (χ1) is 6.83. The molecule has 1 N–H and O–H groups in total. The van der Waals surface area contributed by atoms with Gasteiger partial charge in [-0.15, -0.1) is 0 Å². The summed E-state index contributed by atoms with van der Waals surface area (Å²) in [6, 6.07) is 6.29. The molecule has 1 aromatic rings. The van der Waals surface area contributed by atoms with Crippen molar-refractivity contribution in [3.8, 4) is 0 Å². The summed E-state index contributed by atoms with van der Waals surface area (Å²) in [6.45, 7) is 1.97. The van der Waals surface area contributed by atoms with E-state index in [2.05, 4.69) is 35.0 Å². The molecule has 0 amide bonds. The first kappa shape index (κ1) is 13.1. The van der Waals surface area contributed by atoms with Crippen molar-refractivity contribution in [2.45, 2.75) is 12.8 Å². The molecule has 80 valence electrons. The van der Waals surface area contributed by atoms with Crippen LogP contribution in [0, 0.1) is 0 Å². The zero-order chi connectivity index (χ0) is 9.97. The molecule has 0 aliphatic heterocycles. The number of benzene rings is 1. The number of fused-ring (bicyclic) bond motifs is 1. The van der Waals surface area contributed by atoms with Gasteiger partial charge in [-0.1, -0.05) is 30.4 Å². The normalized spacial score (nSPS) is 15.3. The molecule has 1 aliphatic rings. The van der Waals surface area contributed by atoms with Crippen LogP contribution < -0.4 is 5.30 Å². The Hall–Kier alpha value is -0.00169. The van der Waals surface area contributed by atoms with Crippen LogP contribution in [0.1, 0.15) is 17.5 Å². The Morgan fingerprint density at radius 1 is 1.40 bits per heavy atom. The Kier molecular flexibility index (Phi) is 5.15. The van der Waals surface area contributed by atoms with Gasteiger partial charge in [-0.3, -0.25) is 0 Å².